The zero-order valence-corrected chi connectivity index (χ0v) is 15.2. The molecule has 2 aliphatic rings. The van der Waals surface area contributed by atoms with E-state index in [4.69, 9.17) is 9.47 Å². The van der Waals surface area contributed by atoms with Crippen LogP contribution in [0.2, 0.25) is 0 Å². The Bertz CT molecular complexity index is 804. The number of carbonyl (C=O) groups is 1. The second-order valence-corrected chi connectivity index (χ2v) is 6.97. The van der Waals surface area contributed by atoms with Gasteiger partial charge in [0.25, 0.3) is 5.91 Å². The van der Waals surface area contributed by atoms with Crippen molar-refractivity contribution in [2.75, 3.05) is 12.1 Å². The first-order valence-electron chi connectivity index (χ1n) is 9.54. The Morgan fingerprint density at radius 3 is 2.74 bits per heavy atom. The van der Waals surface area contributed by atoms with Crippen LogP contribution in [-0.2, 0) is 6.54 Å². The molecule has 1 amide bonds. The minimum absolute atomic E-state index is 0.223. The number of anilines is 1. The highest BCUT2D eigenvalue weighted by molar-refractivity contribution is 5.92. The van der Waals surface area contributed by atoms with Crippen molar-refractivity contribution in [1.82, 2.24) is 15.3 Å². The van der Waals surface area contributed by atoms with Crippen molar-refractivity contribution >= 4 is 11.9 Å². The van der Waals surface area contributed by atoms with E-state index in [2.05, 4.69) is 20.6 Å². The van der Waals surface area contributed by atoms with E-state index in [1.54, 1.807) is 12.3 Å². The lowest BCUT2D eigenvalue weighted by Crippen LogP contribution is -2.25. The number of aromatic nitrogens is 2. The van der Waals surface area contributed by atoms with Crippen molar-refractivity contribution in [3.8, 4) is 11.5 Å². The van der Waals surface area contributed by atoms with E-state index in [0.717, 1.165) is 24.2 Å². The van der Waals surface area contributed by atoms with E-state index in [1.165, 1.54) is 25.7 Å². The summed E-state index contributed by atoms with van der Waals surface area (Å²) in [6, 6.07) is 7.66. The number of hydrogen-bond donors (Lipinski definition) is 2. The van der Waals surface area contributed by atoms with Gasteiger partial charge in [-0.1, -0.05) is 31.7 Å². The molecule has 1 aliphatic heterocycles. The van der Waals surface area contributed by atoms with Crippen molar-refractivity contribution in [2.24, 2.45) is 0 Å². The number of amides is 1. The predicted molar refractivity (Wildman–Crippen MR) is 101 cm³/mol. The number of carbonyl (C=O) groups excluding carboxylic acids is 1. The van der Waals surface area contributed by atoms with Crippen LogP contribution in [0.4, 0.5) is 5.95 Å². The van der Waals surface area contributed by atoms with Gasteiger partial charge in [0.2, 0.25) is 12.7 Å². The van der Waals surface area contributed by atoms with Crippen LogP contribution in [0.15, 0.2) is 30.5 Å². The lowest BCUT2D eigenvalue weighted by atomic mass is 10.1. The SMILES string of the molecule is O=C(NCc1ccc2c(c1)OCO2)c1ccnc(NC2CCCCCC2)n1. The number of nitrogens with one attached hydrogen (secondary N) is 2. The molecule has 2 heterocycles. The fraction of sp³-hybridized carbons (Fsp3) is 0.450. The highest BCUT2D eigenvalue weighted by Crippen LogP contribution is 2.32. The summed E-state index contributed by atoms with van der Waals surface area (Å²) < 4.78 is 10.7. The third-order valence-electron chi connectivity index (χ3n) is 4.97. The van der Waals surface area contributed by atoms with Gasteiger partial charge in [-0.15, -0.1) is 0 Å². The van der Waals surface area contributed by atoms with Gasteiger partial charge in [-0.2, -0.15) is 0 Å². The molecule has 1 fully saturated rings. The maximum Gasteiger partial charge on any atom is 0.270 e. The molecule has 0 unspecified atom stereocenters. The van der Waals surface area contributed by atoms with Crippen molar-refractivity contribution in [1.29, 1.82) is 0 Å². The van der Waals surface area contributed by atoms with Gasteiger partial charge in [-0.05, 0) is 36.6 Å². The number of nitrogens with zero attached hydrogens (tertiary/aromatic N) is 2. The van der Waals surface area contributed by atoms with Crippen molar-refractivity contribution < 1.29 is 14.3 Å². The molecule has 1 aliphatic carbocycles. The molecule has 4 rings (SSSR count). The molecule has 1 saturated carbocycles. The van der Waals surface area contributed by atoms with Gasteiger partial charge in [-0.3, -0.25) is 4.79 Å². The fourth-order valence-corrected chi connectivity index (χ4v) is 3.48. The highest BCUT2D eigenvalue weighted by atomic mass is 16.7. The average Bonchev–Trinajstić information content (AvgIpc) is 3.02. The van der Waals surface area contributed by atoms with Gasteiger partial charge < -0.3 is 20.1 Å². The second-order valence-electron chi connectivity index (χ2n) is 6.97. The predicted octanol–water partition coefficient (Wildman–Crippen LogP) is 3.27. The van der Waals surface area contributed by atoms with Crippen LogP contribution in [0.1, 0.15) is 54.6 Å². The molecule has 0 spiro atoms. The lowest BCUT2D eigenvalue weighted by Gasteiger charge is -2.16. The third-order valence-corrected chi connectivity index (χ3v) is 4.97. The molecule has 0 atom stereocenters. The first kappa shape index (κ1) is 17.6. The quantitative estimate of drug-likeness (QED) is 0.788. The van der Waals surface area contributed by atoms with Crippen LogP contribution in [0.25, 0.3) is 0 Å². The van der Waals surface area contributed by atoms with Crippen molar-refractivity contribution in [2.45, 2.75) is 51.1 Å². The molecule has 0 bridgehead atoms. The standard InChI is InChI=1S/C20H24N4O3/c25-19(22-12-14-7-8-17-18(11-14)27-13-26-17)16-9-10-21-20(24-16)23-15-5-3-1-2-4-6-15/h7-11,15H,1-6,12-13H2,(H,22,25)(H,21,23,24). The number of fused-ring (bicyclic) bond motifs is 1. The molecule has 2 N–H and O–H groups in total. The van der Waals surface area contributed by atoms with E-state index in [-0.39, 0.29) is 12.7 Å². The summed E-state index contributed by atoms with van der Waals surface area (Å²) in [4.78, 5) is 21.1. The topological polar surface area (TPSA) is 85.4 Å². The maximum absolute atomic E-state index is 12.5. The molecule has 0 radical (unpaired) electrons. The molecule has 7 heteroatoms. The van der Waals surface area contributed by atoms with Gasteiger partial charge in [-0.25, -0.2) is 9.97 Å². The fourth-order valence-electron chi connectivity index (χ4n) is 3.48. The Balaban J connectivity index is 1.35. The zero-order chi connectivity index (χ0) is 18.5. The van der Waals surface area contributed by atoms with Gasteiger partial charge >= 0.3 is 0 Å². The average molecular weight is 368 g/mol. The van der Waals surface area contributed by atoms with E-state index < -0.39 is 0 Å². The van der Waals surface area contributed by atoms with Crippen molar-refractivity contribution in [3.05, 3.63) is 41.7 Å². The minimum atomic E-state index is -0.223. The van der Waals surface area contributed by atoms with Crippen LogP contribution < -0.4 is 20.1 Å². The van der Waals surface area contributed by atoms with E-state index in [9.17, 15) is 4.79 Å². The smallest absolute Gasteiger partial charge is 0.270 e. The molecular formula is C20H24N4O3. The van der Waals surface area contributed by atoms with E-state index >= 15 is 0 Å². The Morgan fingerprint density at radius 2 is 1.89 bits per heavy atom. The summed E-state index contributed by atoms with van der Waals surface area (Å²) in [6.07, 6.45) is 8.93. The number of benzene rings is 1. The molecule has 0 saturated heterocycles. The molecule has 2 aromatic rings. The molecular weight excluding hydrogens is 344 g/mol. The first-order valence-corrected chi connectivity index (χ1v) is 9.54. The van der Waals surface area contributed by atoms with Crippen LogP contribution in [0, 0.1) is 0 Å². The second kappa shape index (κ2) is 8.24. The summed E-state index contributed by atoms with van der Waals surface area (Å²) in [5, 5.41) is 6.28. The molecule has 1 aromatic carbocycles. The summed E-state index contributed by atoms with van der Waals surface area (Å²) >= 11 is 0. The minimum Gasteiger partial charge on any atom is -0.454 e. The Kier molecular flexibility index (Phi) is 5.37. The van der Waals surface area contributed by atoms with Gasteiger partial charge in [0.05, 0.1) is 0 Å². The number of rotatable bonds is 5. The highest BCUT2D eigenvalue weighted by Gasteiger charge is 2.16. The Morgan fingerprint density at radius 1 is 1.07 bits per heavy atom. The molecule has 27 heavy (non-hydrogen) atoms. The van der Waals surface area contributed by atoms with Crippen LogP contribution >= 0.6 is 0 Å². The number of hydrogen-bond acceptors (Lipinski definition) is 6. The van der Waals surface area contributed by atoms with Gasteiger partial charge in [0.1, 0.15) is 5.69 Å². The molecule has 1 aromatic heterocycles. The summed E-state index contributed by atoms with van der Waals surface area (Å²) in [5.74, 6) is 1.74. The number of ether oxygens (including phenoxy) is 2. The van der Waals surface area contributed by atoms with Gasteiger partial charge in [0, 0.05) is 18.8 Å². The van der Waals surface area contributed by atoms with E-state index in [1.807, 2.05) is 18.2 Å². The van der Waals surface area contributed by atoms with Crippen LogP contribution in [-0.4, -0.2) is 28.7 Å². The maximum atomic E-state index is 12.5. The Labute approximate surface area is 158 Å². The largest absolute Gasteiger partial charge is 0.454 e. The first-order chi connectivity index (χ1) is 13.3. The summed E-state index contributed by atoms with van der Waals surface area (Å²) in [5.41, 5.74) is 1.31. The normalized spacial score (nSPS) is 16.6. The monoisotopic (exact) mass is 368 g/mol. The Hall–Kier alpha value is -2.83. The van der Waals surface area contributed by atoms with Crippen LogP contribution in [0.3, 0.4) is 0 Å². The van der Waals surface area contributed by atoms with Crippen LogP contribution in [0.5, 0.6) is 11.5 Å². The van der Waals surface area contributed by atoms with E-state index in [0.29, 0.717) is 30.0 Å². The van der Waals surface area contributed by atoms with Gasteiger partial charge in [0.15, 0.2) is 11.5 Å². The molecule has 142 valence electrons. The summed E-state index contributed by atoms with van der Waals surface area (Å²) in [7, 11) is 0. The lowest BCUT2D eigenvalue weighted by molar-refractivity contribution is 0.0945. The van der Waals surface area contributed by atoms with Crippen molar-refractivity contribution in [3.63, 3.8) is 0 Å². The third kappa shape index (κ3) is 4.48. The molecule has 7 nitrogen and oxygen atoms in total. The zero-order valence-electron chi connectivity index (χ0n) is 15.2. The summed E-state index contributed by atoms with van der Waals surface area (Å²) in [6.45, 7) is 0.633.